The number of amides is 2. The number of ether oxygens (including phenoxy) is 1. The summed E-state index contributed by atoms with van der Waals surface area (Å²) in [5, 5.41) is 34.9. The molecule has 4 rings (SSSR count). The van der Waals surface area contributed by atoms with Crippen LogP contribution in [0.4, 0.5) is 0 Å². The molecule has 0 saturated carbocycles. The number of hydrogen-bond acceptors (Lipinski definition) is 7. The van der Waals surface area contributed by atoms with Crippen molar-refractivity contribution >= 4 is 17.5 Å². The molecule has 0 radical (unpaired) electrons. The highest BCUT2D eigenvalue weighted by molar-refractivity contribution is 5.95. The van der Waals surface area contributed by atoms with Crippen molar-refractivity contribution in [2.45, 2.75) is 58.5 Å². The highest BCUT2D eigenvalue weighted by Gasteiger charge is 2.19. The average Bonchev–Trinajstić information content (AvgIpc) is 3.40. The predicted molar refractivity (Wildman–Crippen MR) is 158 cm³/mol. The summed E-state index contributed by atoms with van der Waals surface area (Å²) in [4.78, 5) is 29.9. The van der Waals surface area contributed by atoms with Gasteiger partial charge in [-0.25, -0.2) is 4.98 Å². The number of carbonyl (C=O) groups is 2. The van der Waals surface area contributed by atoms with Crippen LogP contribution in [0, 0.1) is 11.3 Å². The molecule has 2 aromatic carbocycles. The molecule has 218 valence electrons. The molecule has 4 aromatic rings. The number of carbonyl (C=O) groups excluding carboxylic acids is 2. The Labute approximate surface area is 244 Å². The molecule has 10 nitrogen and oxygen atoms in total. The van der Waals surface area contributed by atoms with E-state index in [-0.39, 0.29) is 23.8 Å². The molecule has 42 heavy (non-hydrogen) atoms. The van der Waals surface area contributed by atoms with Gasteiger partial charge in [0.15, 0.2) is 0 Å². The molecular weight excluding hydrogens is 534 g/mol. The van der Waals surface area contributed by atoms with E-state index in [4.69, 9.17) is 9.72 Å². The summed E-state index contributed by atoms with van der Waals surface area (Å²) in [6.07, 6.45) is 2.21. The molecule has 0 saturated heterocycles. The summed E-state index contributed by atoms with van der Waals surface area (Å²) in [6.45, 7) is 6.87. The Bertz CT molecular complexity index is 1600. The molecule has 1 unspecified atom stereocenters. The van der Waals surface area contributed by atoms with E-state index in [1.807, 2.05) is 67.0 Å². The first-order valence-corrected chi connectivity index (χ1v) is 13.8. The maximum absolute atomic E-state index is 13.2. The van der Waals surface area contributed by atoms with Gasteiger partial charge in [-0.2, -0.15) is 5.26 Å². The minimum atomic E-state index is -1.19. The van der Waals surface area contributed by atoms with Gasteiger partial charge in [0.25, 0.3) is 5.91 Å². The van der Waals surface area contributed by atoms with Gasteiger partial charge in [0, 0.05) is 35.6 Å². The molecule has 2 heterocycles. The molecule has 3 atom stereocenters. The van der Waals surface area contributed by atoms with Gasteiger partial charge in [-0.15, -0.1) is 0 Å². The minimum absolute atomic E-state index is 0.0887. The molecule has 0 aliphatic heterocycles. The molecule has 0 bridgehead atoms. The quantitative estimate of drug-likeness (QED) is 0.216. The highest BCUT2D eigenvalue weighted by Crippen LogP contribution is 2.25. The lowest BCUT2D eigenvalue weighted by Crippen LogP contribution is -2.46. The normalized spacial score (nSPS) is 13.3. The first-order valence-electron chi connectivity index (χ1n) is 13.8. The summed E-state index contributed by atoms with van der Waals surface area (Å²) in [5.41, 5.74) is 4.50. The summed E-state index contributed by atoms with van der Waals surface area (Å²) in [5.74, 6) is -0.554. The van der Waals surface area contributed by atoms with Crippen LogP contribution in [-0.4, -0.2) is 56.2 Å². The van der Waals surface area contributed by atoms with E-state index in [1.165, 1.54) is 13.0 Å². The molecule has 4 N–H and O–H groups in total. The number of nitrogens with zero attached hydrogens (tertiary/aromatic N) is 3. The van der Waals surface area contributed by atoms with Gasteiger partial charge in [-0.3, -0.25) is 9.59 Å². The average molecular weight is 570 g/mol. The number of pyridine rings is 1. The van der Waals surface area contributed by atoms with E-state index in [0.29, 0.717) is 17.8 Å². The van der Waals surface area contributed by atoms with Crippen molar-refractivity contribution in [2.24, 2.45) is 0 Å². The van der Waals surface area contributed by atoms with E-state index in [2.05, 4.69) is 16.7 Å². The van der Waals surface area contributed by atoms with Gasteiger partial charge < -0.3 is 30.0 Å². The van der Waals surface area contributed by atoms with Gasteiger partial charge in [-0.05, 0) is 63.9 Å². The summed E-state index contributed by atoms with van der Waals surface area (Å²) in [7, 11) is 0. The molecular formula is C32H35N5O5. The lowest BCUT2D eigenvalue weighted by molar-refractivity contribution is -0.128. The van der Waals surface area contributed by atoms with E-state index >= 15 is 0 Å². The second-order valence-corrected chi connectivity index (χ2v) is 10.5. The standard InChI is InChI=1S/C32H35N5O5/c1-19(2)42-29-12-11-24(15-25(29)16-33)32(41)35-26(17-34-31(40)21(4)39)14-22-7-9-23(10-8-22)28-18-37-13-5-6-27(20(3)38)30(37)36-28/h5-13,15,18-21,26,38-39H,14,17H2,1-4H3,(H,34,40)(H,35,41)/t20?,21-,26+/m1/s1. The zero-order chi connectivity index (χ0) is 30.4. The number of aromatic nitrogens is 2. The Balaban J connectivity index is 1.52. The third-order valence-electron chi connectivity index (χ3n) is 6.66. The van der Waals surface area contributed by atoms with Crippen LogP contribution in [-0.2, 0) is 11.2 Å². The molecule has 2 aromatic heterocycles. The van der Waals surface area contributed by atoms with Crippen molar-refractivity contribution in [1.29, 1.82) is 5.26 Å². The lowest BCUT2D eigenvalue weighted by Gasteiger charge is -2.21. The fourth-order valence-corrected chi connectivity index (χ4v) is 4.53. The predicted octanol–water partition coefficient (Wildman–Crippen LogP) is 3.55. The van der Waals surface area contributed by atoms with Gasteiger partial charge in [0.05, 0.1) is 29.5 Å². The van der Waals surface area contributed by atoms with Crippen molar-refractivity contribution < 1.29 is 24.5 Å². The second kappa shape index (κ2) is 13.3. The highest BCUT2D eigenvalue weighted by atomic mass is 16.5. The first-order chi connectivity index (χ1) is 20.0. The van der Waals surface area contributed by atoms with E-state index in [1.54, 1.807) is 19.1 Å². The van der Waals surface area contributed by atoms with E-state index < -0.39 is 30.1 Å². The Kier molecular flexibility index (Phi) is 9.57. The number of benzene rings is 2. The van der Waals surface area contributed by atoms with Crippen LogP contribution < -0.4 is 15.4 Å². The van der Waals surface area contributed by atoms with Crippen molar-refractivity contribution in [3.63, 3.8) is 0 Å². The Morgan fingerprint density at radius 1 is 1.07 bits per heavy atom. The fraction of sp³-hybridized carbons (Fsp3) is 0.312. The SMILES string of the molecule is CC(C)Oc1ccc(C(=O)N[C@H](CNC(=O)[C@@H](C)O)Cc2ccc(-c3cn4cccc(C(C)O)c4n3)cc2)cc1C#N. The van der Waals surface area contributed by atoms with Crippen LogP contribution in [0.5, 0.6) is 5.75 Å². The van der Waals surface area contributed by atoms with E-state index in [0.717, 1.165) is 22.4 Å². The van der Waals surface area contributed by atoms with Gasteiger partial charge in [0.1, 0.15) is 23.6 Å². The number of hydrogen-bond donors (Lipinski definition) is 4. The van der Waals surface area contributed by atoms with Gasteiger partial charge >= 0.3 is 0 Å². The molecule has 0 fully saturated rings. The molecule has 0 spiro atoms. The summed E-state index contributed by atoms with van der Waals surface area (Å²) < 4.78 is 7.53. The van der Waals surface area contributed by atoms with Crippen molar-refractivity contribution in [3.8, 4) is 23.1 Å². The van der Waals surface area contributed by atoms with Gasteiger partial charge in [-0.1, -0.05) is 30.3 Å². The van der Waals surface area contributed by atoms with Crippen LogP contribution in [0.2, 0.25) is 0 Å². The van der Waals surface area contributed by atoms with E-state index in [9.17, 15) is 25.1 Å². The zero-order valence-electron chi connectivity index (χ0n) is 24.0. The first kappa shape index (κ1) is 30.2. The molecule has 10 heteroatoms. The van der Waals surface area contributed by atoms with Crippen LogP contribution in [0.1, 0.15) is 60.8 Å². The molecule has 2 amide bonds. The summed E-state index contributed by atoms with van der Waals surface area (Å²) in [6, 6.07) is 17.6. The second-order valence-electron chi connectivity index (χ2n) is 10.5. The Morgan fingerprint density at radius 2 is 1.81 bits per heavy atom. The Hall–Kier alpha value is -4.72. The van der Waals surface area contributed by atoms with Crippen molar-refractivity contribution in [3.05, 3.63) is 89.2 Å². The topological polar surface area (TPSA) is 149 Å². The van der Waals surface area contributed by atoms with Gasteiger partial charge in [0.2, 0.25) is 5.91 Å². The zero-order valence-corrected chi connectivity index (χ0v) is 24.0. The third kappa shape index (κ3) is 7.32. The molecule has 0 aliphatic rings. The fourth-order valence-electron chi connectivity index (χ4n) is 4.53. The maximum Gasteiger partial charge on any atom is 0.251 e. The largest absolute Gasteiger partial charge is 0.490 e. The minimum Gasteiger partial charge on any atom is -0.490 e. The number of fused-ring (bicyclic) bond motifs is 1. The smallest absolute Gasteiger partial charge is 0.251 e. The van der Waals surface area contributed by atoms with Crippen LogP contribution in [0.25, 0.3) is 16.9 Å². The summed E-state index contributed by atoms with van der Waals surface area (Å²) >= 11 is 0. The number of imidazole rings is 1. The number of rotatable bonds is 11. The Morgan fingerprint density at radius 3 is 2.45 bits per heavy atom. The maximum atomic E-state index is 13.2. The third-order valence-corrected chi connectivity index (χ3v) is 6.66. The van der Waals surface area contributed by atoms with Crippen LogP contribution in [0.3, 0.4) is 0 Å². The number of aliphatic hydroxyl groups excluding tert-OH is 2. The van der Waals surface area contributed by atoms with Crippen molar-refractivity contribution in [2.75, 3.05) is 6.54 Å². The number of nitrogens with one attached hydrogen (secondary N) is 2. The lowest BCUT2D eigenvalue weighted by atomic mass is 10.0. The van der Waals surface area contributed by atoms with Crippen LogP contribution >= 0.6 is 0 Å². The van der Waals surface area contributed by atoms with Crippen LogP contribution in [0.15, 0.2) is 67.0 Å². The number of aliphatic hydroxyl groups is 2. The monoisotopic (exact) mass is 569 g/mol. The van der Waals surface area contributed by atoms with Crippen molar-refractivity contribution in [1.82, 2.24) is 20.0 Å². The number of nitriles is 1. The molecule has 0 aliphatic carbocycles.